The van der Waals surface area contributed by atoms with Crippen molar-refractivity contribution in [1.82, 2.24) is 16.0 Å². The quantitative estimate of drug-likeness (QED) is 0.0549. The molecule has 13 N–H and O–H groups in total. The summed E-state index contributed by atoms with van der Waals surface area (Å²) < 4.78 is 0. The number of amides is 3. The van der Waals surface area contributed by atoms with Gasteiger partial charge in [-0.25, -0.2) is 4.79 Å². The van der Waals surface area contributed by atoms with Gasteiger partial charge >= 0.3 is 17.9 Å². The van der Waals surface area contributed by atoms with Gasteiger partial charge in [0.15, 0.2) is 5.96 Å². The van der Waals surface area contributed by atoms with Gasteiger partial charge in [-0.1, -0.05) is 0 Å². The van der Waals surface area contributed by atoms with Crippen LogP contribution in [0.3, 0.4) is 0 Å². The van der Waals surface area contributed by atoms with Gasteiger partial charge in [-0.15, -0.1) is 0 Å². The van der Waals surface area contributed by atoms with Crippen LogP contribution in [0.5, 0.6) is 0 Å². The van der Waals surface area contributed by atoms with E-state index in [-0.39, 0.29) is 25.3 Å². The maximum absolute atomic E-state index is 12.7. The lowest BCUT2D eigenvalue weighted by atomic mass is 10.1. The minimum Gasteiger partial charge on any atom is -0.481 e. The largest absolute Gasteiger partial charge is 0.481 e. The average Bonchev–Trinajstić information content (AvgIpc) is 2.71. The van der Waals surface area contributed by atoms with E-state index >= 15 is 0 Å². The lowest BCUT2D eigenvalue weighted by Gasteiger charge is -2.24. The Balaban J connectivity index is 5.56. The van der Waals surface area contributed by atoms with E-state index in [0.29, 0.717) is 0 Å². The number of aliphatic hydroxyl groups is 1. The van der Waals surface area contributed by atoms with Gasteiger partial charge in [0.1, 0.15) is 18.1 Å². The number of aliphatic carboxylic acids is 3. The molecule has 0 saturated heterocycles. The zero-order valence-corrected chi connectivity index (χ0v) is 18.0. The van der Waals surface area contributed by atoms with Crippen molar-refractivity contribution in [2.45, 2.75) is 49.9 Å². The van der Waals surface area contributed by atoms with Gasteiger partial charge in [-0.3, -0.25) is 29.0 Å². The Labute approximate surface area is 192 Å². The molecule has 0 aromatic rings. The lowest BCUT2D eigenvalue weighted by Crippen LogP contribution is -2.58. The number of carbonyl (C=O) groups is 6. The summed E-state index contributed by atoms with van der Waals surface area (Å²) in [6.45, 7) is -0.960. The molecule has 0 radical (unpaired) electrons. The highest BCUT2D eigenvalue weighted by Gasteiger charge is 2.31. The Morgan fingerprint density at radius 3 is 1.74 bits per heavy atom. The molecular weight excluding hydrogens is 462 g/mol. The monoisotopic (exact) mass is 491 g/mol. The molecule has 0 heterocycles. The zero-order chi connectivity index (χ0) is 26.4. The number of carboxylic acid groups (broad SMARTS) is 3. The first kappa shape index (κ1) is 30.0. The number of hydrogen-bond donors (Lipinski definition) is 10. The van der Waals surface area contributed by atoms with Crippen molar-refractivity contribution < 1.29 is 49.2 Å². The first-order valence-electron chi connectivity index (χ1n) is 9.77. The molecule has 0 aliphatic rings. The Morgan fingerprint density at radius 1 is 0.765 bits per heavy atom. The predicted molar refractivity (Wildman–Crippen MR) is 113 cm³/mol. The topological polar surface area (TPSA) is 310 Å². The zero-order valence-electron chi connectivity index (χ0n) is 18.0. The summed E-state index contributed by atoms with van der Waals surface area (Å²) in [6.07, 6.45) is -1.69. The van der Waals surface area contributed by atoms with Gasteiger partial charge < -0.3 is 53.6 Å². The predicted octanol–water partition coefficient (Wildman–Crippen LogP) is -5.15. The maximum Gasteiger partial charge on any atom is 0.328 e. The fourth-order valence-corrected chi connectivity index (χ4v) is 2.45. The van der Waals surface area contributed by atoms with Crippen LogP contribution >= 0.6 is 0 Å². The highest BCUT2D eigenvalue weighted by molar-refractivity contribution is 5.96. The SMILES string of the molecule is NC(N)=NCCCC(NC(=O)C(N)CC(=O)O)C(=O)NC(CC(=O)O)C(=O)NC(CO)C(=O)O. The van der Waals surface area contributed by atoms with Crippen molar-refractivity contribution in [1.29, 1.82) is 0 Å². The summed E-state index contributed by atoms with van der Waals surface area (Å²) in [7, 11) is 0. The molecule has 4 atom stereocenters. The summed E-state index contributed by atoms with van der Waals surface area (Å²) in [5, 5.41) is 41.9. The van der Waals surface area contributed by atoms with Gasteiger partial charge in [0.2, 0.25) is 17.7 Å². The van der Waals surface area contributed by atoms with Gasteiger partial charge in [0, 0.05) is 6.54 Å². The molecule has 0 spiro atoms. The summed E-state index contributed by atoms with van der Waals surface area (Å²) in [5.41, 5.74) is 15.9. The third-order valence-corrected chi connectivity index (χ3v) is 4.12. The maximum atomic E-state index is 12.7. The fraction of sp³-hybridized carbons (Fsp3) is 0.588. The Morgan fingerprint density at radius 2 is 1.26 bits per heavy atom. The van der Waals surface area contributed by atoms with E-state index in [4.69, 9.17) is 37.6 Å². The molecule has 17 heteroatoms. The van der Waals surface area contributed by atoms with Gasteiger partial charge in [0.05, 0.1) is 25.5 Å². The molecule has 3 amide bonds. The second kappa shape index (κ2) is 15.0. The van der Waals surface area contributed by atoms with E-state index in [9.17, 15) is 28.8 Å². The number of hydrogen-bond acceptors (Lipinski definition) is 9. The van der Waals surface area contributed by atoms with Crippen molar-refractivity contribution in [2.24, 2.45) is 22.2 Å². The number of carbonyl (C=O) groups excluding carboxylic acids is 3. The summed E-state index contributed by atoms with van der Waals surface area (Å²) in [6, 6.07) is -6.45. The van der Waals surface area contributed by atoms with E-state index in [1.54, 1.807) is 0 Å². The van der Waals surface area contributed by atoms with E-state index in [1.807, 2.05) is 5.32 Å². The molecule has 0 fully saturated rings. The number of aliphatic imine (C=N–C) groups is 1. The Hall–Kier alpha value is -3.99. The van der Waals surface area contributed by atoms with Crippen LogP contribution in [0.1, 0.15) is 25.7 Å². The van der Waals surface area contributed by atoms with E-state index in [2.05, 4.69) is 15.6 Å². The minimum atomic E-state index is -1.77. The molecule has 192 valence electrons. The summed E-state index contributed by atoms with van der Waals surface area (Å²) in [5.74, 6) is -7.99. The molecule has 0 aliphatic carbocycles. The number of carboxylic acids is 3. The smallest absolute Gasteiger partial charge is 0.328 e. The molecular formula is C17H29N7O10. The van der Waals surface area contributed by atoms with Gasteiger partial charge in [0.25, 0.3) is 0 Å². The summed E-state index contributed by atoms with van der Waals surface area (Å²) in [4.78, 5) is 73.8. The van der Waals surface area contributed by atoms with Gasteiger partial charge in [-0.2, -0.15) is 0 Å². The highest BCUT2D eigenvalue weighted by Crippen LogP contribution is 2.03. The van der Waals surface area contributed by atoms with Crippen LogP contribution in [0.25, 0.3) is 0 Å². The number of rotatable bonds is 16. The van der Waals surface area contributed by atoms with Crippen molar-refractivity contribution >= 4 is 41.6 Å². The standard InChI is InChI=1S/C17H29N7O10/c18-7(4-11(26)27)13(30)22-8(2-1-3-21-17(19)20)14(31)23-9(5-12(28)29)15(32)24-10(6-25)16(33)34/h7-10,25H,1-6,18H2,(H,22,30)(H,23,31)(H,24,32)(H,26,27)(H,28,29)(H,33,34)(H4,19,20,21). The van der Waals surface area contributed by atoms with Gasteiger partial charge in [-0.05, 0) is 12.8 Å². The van der Waals surface area contributed by atoms with Crippen molar-refractivity contribution in [3.63, 3.8) is 0 Å². The van der Waals surface area contributed by atoms with Crippen LogP contribution in [-0.2, 0) is 28.8 Å². The van der Waals surface area contributed by atoms with E-state index in [0.717, 1.165) is 0 Å². The van der Waals surface area contributed by atoms with Crippen LogP contribution < -0.4 is 33.2 Å². The van der Waals surface area contributed by atoms with Crippen LogP contribution in [-0.4, -0.2) is 99.3 Å². The first-order valence-corrected chi connectivity index (χ1v) is 9.77. The van der Waals surface area contributed by atoms with Crippen LogP contribution in [0.15, 0.2) is 4.99 Å². The van der Waals surface area contributed by atoms with Crippen LogP contribution in [0.2, 0.25) is 0 Å². The molecule has 34 heavy (non-hydrogen) atoms. The number of guanidine groups is 1. The molecule has 0 bridgehead atoms. The number of nitrogens with zero attached hydrogens (tertiary/aromatic N) is 1. The van der Waals surface area contributed by atoms with Crippen molar-refractivity contribution in [3.8, 4) is 0 Å². The highest BCUT2D eigenvalue weighted by atomic mass is 16.4. The van der Waals surface area contributed by atoms with Crippen molar-refractivity contribution in [2.75, 3.05) is 13.2 Å². The number of aliphatic hydroxyl groups excluding tert-OH is 1. The second-order valence-electron chi connectivity index (χ2n) is 6.96. The van der Waals surface area contributed by atoms with E-state index < -0.39 is 79.2 Å². The normalized spacial score (nSPS) is 13.9. The third kappa shape index (κ3) is 12.2. The molecule has 4 unspecified atom stereocenters. The molecule has 0 saturated carbocycles. The number of nitrogens with one attached hydrogen (secondary N) is 3. The molecule has 0 aliphatic heterocycles. The third-order valence-electron chi connectivity index (χ3n) is 4.12. The second-order valence-corrected chi connectivity index (χ2v) is 6.96. The molecule has 0 aromatic heterocycles. The first-order chi connectivity index (χ1) is 15.8. The Bertz CT molecular complexity index is 800. The Kier molecular flexibility index (Phi) is 13.2. The molecule has 0 aromatic carbocycles. The van der Waals surface area contributed by atoms with Crippen molar-refractivity contribution in [3.05, 3.63) is 0 Å². The molecule has 0 rings (SSSR count). The average molecular weight is 491 g/mol. The van der Waals surface area contributed by atoms with Crippen LogP contribution in [0.4, 0.5) is 0 Å². The fourth-order valence-electron chi connectivity index (χ4n) is 2.45. The van der Waals surface area contributed by atoms with E-state index in [1.165, 1.54) is 0 Å². The summed E-state index contributed by atoms with van der Waals surface area (Å²) >= 11 is 0. The molecule has 17 nitrogen and oxygen atoms in total. The minimum absolute atomic E-state index is 0.0407. The lowest BCUT2D eigenvalue weighted by molar-refractivity contribution is -0.144. The number of nitrogens with two attached hydrogens (primary N) is 3. The van der Waals surface area contributed by atoms with Crippen LogP contribution in [0, 0.1) is 0 Å².